The van der Waals surface area contributed by atoms with Gasteiger partial charge in [-0.2, -0.15) is 4.37 Å². The van der Waals surface area contributed by atoms with Crippen molar-refractivity contribution < 1.29 is 5.11 Å². The molecule has 0 fully saturated rings. The van der Waals surface area contributed by atoms with Crippen LogP contribution in [0.25, 0.3) is 32.0 Å². The van der Waals surface area contributed by atoms with E-state index in [9.17, 15) is 0 Å². The average Bonchev–Trinajstić information content (AvgIpc) is 3.23. The number of nitrogens with zero attached hydrogens (tertiary/aromatic N) is 1. The van der Waals surface area contributed by atoms with Crippen LogP contribution < -0.4 is 10.6 Å². The summed E-state index contributed by atoms with van der Waals surface area (Å²) in [7, 11) is 0. The Morgan fingerprint density at radius 1 is 0.906 bits per heavy atom. The van der Waals surface area contributed by atoms with Crippen LogP contribution in [-0.2, 0) is 6.54 Å². The second kappa shape index (κ2) is 9.27. The molecule has 0 saturated heterocycles. The predicted molar refractivity (Wildman–Crippen MR) is 136 cm³/mol. The van der Waals surface area contributed by atoms with Crippen molar-refractivity contribution in [3.63, 3.8) is 0 Å². The third-order valence-electron chi connectivity index (χ3n) is 5.46. The molecule has 0 atom stereocenters. The van der Waals surface area contributed by atoms with Crippen molar-refractivity contribution in [2.45, 2.75) is 6.54 Å². The first-order chi connectivity index (χ1) is 15.7. The van der Waals surface area contributed by atoms with Crippen molar-refractivity contribution >= 4 is 55.5 Å². The van der Waals surface area contributed by atoms with Crippen LogP contribution in [-0.4, -0.2) is 22.6 Å². The Balaban J connectivity index is 1.45. The molecule has 6 heteroatoms. The van der Waals surface area contributed by atoms with E-state index in [0.717, 1.165) is 27.2 Å². The van der Waals surface area contributed by atoms with Crippen molar-refractivity contribution in [1.82, 2.24) is 9.69 Å². The summed E-state index contributed by atoms with van der Waals surface area (Å²) < 4.78 is 5.84. The monoisotopic (exact) mass is 459 g/mol. The molecule has 0 radical (unpaired) electrons. The molecule has 0 bridgehead atoms. The maximum absolute atomic E-state index is 8.91. The van der Waals surface area contributed by atoms with E-state index in [-0.39, 0.29) is 6.61 Å². The number of aliphatic hydroxyl groups is 1. The minimum absolute atomic E-state index is 0.117. The molecule has 160 valence electrons. The highest BCUT2D eigenvalue weighted by Crippen LogP contribution is 2.38. The number of rotatable bonds is 7. The van der Waals surface area contributed by atoms with Gasteiger partial charge in [0.2, 0.25) is 0 Å². The summed E-state index contributed by atoms with van der Waals surface area (Å²) in [6.07, 6.45) is 0. The van der Waals surface area contributed by atoms with Gasteiger partial charge in [0.15, 0.2) is 5.82 Å². The molecule has 3 N–H and O–H groups in total. The lowest BCUT2D eigenvalue weighted by Crippen LogP contribution is -2.17. The zero-order valence-corrected chi connectivity index (χ0v) is 18.9. The predicted octanol–water partition coefficient (Wildman–Crippen LogP) is 6.60. The second-order valence-electron chi connectivity index (χ2n) is 7.61. The summed E-state index contributed by atoms with van der Waals surface area (Å²) >= 11 is 8.02. The van der Waals surface area contributed by atoms with E-state index >= 15 is 0 Å². The highest BCUT2D eigenvalue weighted by atomic mass is 35.5. The number of anilines is 2. The van der Waals surface area contributed by atoms with Gasteiger partial charge in [0, 0.05) is 24.0 Å². The first kappa shape index (κ1) is 20.9. The van der Waals surface area contributed by atoms with Gasteiger partial charge in [-0.05, 0) is 57.7 Å². The molecular weight excluding hydrogens is 438 g/mol. The lowest BCUT2D eigenvalue weighted by Gasteiger charge is -2.10. The number of fused-ring (bicyclic) bond motifs is 2. The lowest BCUT2D eigenvalue weighted by molar-refractivity contribution is 0.292. The molecule has 0 spiro atoms. The standard InChI is InChI=1S/C26H22ClN3OS/c27-23-14-17(16-28-12-13-31)8-11-24(23)29-26-22-7-3-6-21(25(22)32-30-26)20-10-9-18-4-1-2-5-19(18)15-20/h1-11,14-15,28,31H,12-13,16H2,(H,29,30). The average molecular weight is 460 g/mol. The lowest BCUT2D eigenvalue weighted by atomic mass is 10.0. The van der Waals surface area contributed by atoms with Gasteiger partial charge in [0.25, 0.3) is 0 Å². The molecule has 5 aromatic rings. The fraction of sp³-hybridized carbons (Fsp3) is 0.115. The summed E-state index contributed by atoms with van der Waals surface area (Å²) in [5.41, 5.74) is 4.24. The summed E-state index contributed by atoms with van der Waals surface area (Å²) in [5.74, 6) is 0.806. The quantitative estimate of drug-likeness (QED) is 0.240. The van der Waals surface area contributed by atoms with Crippen molar-refractivity contribution in [3.8, 4) is 11.1 Å². The van der Waals surface area contributed by atoms with Gasteiger partial charge in [-0.25, -0.2) is 0 Å². The van der Waals surface area contributed by atoms with Gasteiger partial charge in [-0.1, -0.05) is 66.2 Å². The zero-order chi connectivity index (χ0) is 21.9. The Morgan fingerprint density at radius 3 is 2.62 bits per heavy atom. The highest BCUT2D eigenvalue weighted by molar-refractivity contribution is 7.14. The number of aliphatic hydroxyl groups excluding tert-OH is 1. The molecule has 4 nitrogen and oxygen atoms in total. The summed E-state index contributed by atoms with van der Waals surface area (Å²) in [6.45, 7) is 1.34. The van der Waals surface area contributed by atoms with E-state index in [0.29, 0.717) is 18.1 Å². The fourth-order valence-corrected chi connectivity index (χ4v) is 4.97. The summed E-state index contributed by atoms with van der Waals surface area (Å²) in [6, 6.07) is 27.2. The molecule has 0 unspecified atom stereocenters. The topological polar surface area (TPSA) is 57.2 Å². The van der Waals surface area contributed by atoms with Gasteiger partial charge in [-0.15, -0.1) is 0 Å². The Morgan fingerprint density at radius 2 is 1.78 bits per heavy atom. The molecule has 4 aromatic carbocycles. The Hall–Kier alpha value is -2.96. The van der Waals surface area contributed by atoms with E-state index in [4.69, 9.17) is 21.1 Å². The van der Waals surface area contributed by atoms with Crippen LogP contribution in [0.15, 0.2) is 78.9 Å². The first-order valence-electron chi connectivity index (χ1n) is 10.5. The number of benzene rings is 4. The molecule has 32 heavy (non-hydrogen) atoms. The Labute approximate surface area is 195 Å². The second-order valence-corrected chi connectivity index (χ2v) is 8.80. The van der Waals surface area contributed by atoms with Gasteiger partial charge in [0.1, 0.15) is 0 Å². The van der Waals surface area contributed by atoms with Crippen molar-refractivity contribution in [2.75, 3.05) is 18.5 Å². The fourth-order valence-electron chi connectivity index (χ4n) is 3.85. The zero-order valence-electron chi connectivity index (χ0n) is 17.3. The maximum Gasteiger partial charge on any atom is 0.152 e. The molecule has 1 aromatic heterocycles. The Bertz CT molecular complexity index is 1400. The van der Waals surface area contributed by atoms with Crippen molar-refractivity contribution in [3.05, 3.63) is 89.4 Å². The van der Waals surface area contributed by atoms with E-state index in [1.807, 2.05) is 18.2 Å². The van der Waals surface area contributed by atoms with Crippen LogP contribution in [0.3, 0.4) is 0 Å². The van der Waals surface area contributed by atoms with E-state index in [1.165, 1.54) is 33.4 Å². The van der Waals surface area contributed by atoms with Crippen LogP contribution in [0, 0.1) is 0 Å². The van der Waals surface area contributed by atoms with Crippen LogP contribution in [0.5, 0.6) is 0 Å². The Kier molecular flexibility index (Phi) is 6.06. The minimum Gasteiger partial charge on any atom is -0.395 e. The van der Waals surface area contributed by atoms with Crippen LogP contribution >= 0.6 is 23.1 Å². The molecule has 1 heterocycles. The SMILES string of the molecule is OCCNCc1ccc(Nc2nsc3c(-c4ccc5ccccc5c4)cccc23)c(Cl)c1. The van der Waals surface area contributed by atoms with Gasteiger partial charge >= 0.3 is 0 Å². The van der Waals surface area contributed by atoms with Gasteiger partial charge < -0.3 is 15.7 Å². The number of hydrogen-bond acceptors (Lipinski definition) is 5. The highest BCUT2D eigenvalue weighted by Gasteiger charge is 2.13. The third kappa shape index (κ3) is 4.20. The molecule has 5 rings (SSSR count). The molecular formula is C26H22ClN3OS. The molecule has 0 saturated carbocycles. The van der Waals surface area contributed by atoms with Crippen LogP contribution in [0.4, 0.5) is 11.5 Å². The normalized spacial score (nSPS) is 11.3. The largest absolute Gasteiger partial charge is 0.395 e. The summed E-state index contributed by atoms with van der Waals surface area (Å²) in [4.78, 5) is 0. The molecule has 0 aliphatic rings. The third-order valence-corrected chi connectivity index (χ3v) is 6.67. The number of aromatic nitrogens is 1. The first-order valence-corrected chi connectivity index (χ1v) is 11.6. The van der Waals surface area contributed by atoms with Crippen molar-refractivity contribution in [1.29, 1.82) is 0 Å². The summed E-state index contributed by atoms with van der Waals surface area (Å²) in [5, 5.41) is 19.6. The molecule has 0 aliphatic carbocycles. The van der Waals surface area contributed by atoms with E-state index in [2.05, 4.69) is 71.3 Å². The van der Waals surface area contributed by atoms with E-state index < -0.39 is 0 Å². The maximum atomic E-state index is 8.91. The smallest absolute Gasteiger partial charge is 0.152 e. The molecule has 0 aliphatic heterocycles. The number of hydrogen-bond donors (Lipinski definition) is 3. The minimum atomic E-state index is 0.117. The molecule has 0 amide bonds. The van der Waals surface area contributed by atoms with Gasteiger partial charge in [0.05, 0.1) is 22.0 Å². The van der Waals surface area contributed by atoms with Crippen LogP contribution in [0.2, 0.25) is 5.02 Å². The van der Waals surface area contributed by atoms with Gasteiger partial charge in [-0.3, -0.25) is 0 Å². The van der Waals surface area contributed by atoms with Crippen molar-refractivity contribution in [2.24, 2.45) is 0 Å². The number of nitrogens with one attached hydrogen (secondary N) is 2. The van der Waals surface area contributed by atoms with Crippen LogP contribution in [0.1, 0.15) is 5.56 Å². The van der Waals surface area contributed by atoms with E-state index in [1.54, 1.807) is 0 Å². The number of halogens is 1.